The van der Waals surface area contributed by atoms with Crippen LogP contribution in [0.5, 0.6) is 11.5 Å². The molecule has 7 heteroatoms. The first-order valence-corrected chi connectivity index (χ1v) is 9.18. The van der Waals surface area contributed by atoms with Crippen LogP contribution in [0.3, 0.4) is 0 Å². The zero-order valence-electron chi connectivity index (χ0n) is 15.2. The van der Waals surface area contributed by atoms with Gasteiger partial charge in [0, 0.05) is 0 Å². The highest BCUT2D eigenvalue weighted by molar-refractivity contribution is 6.32. The lowest BCUT2D eigenvalue weighted by Gasteiger charge is -2.12. The van der Waals surface area contributed by atoms with E-state index in [1.165, 1.54) is 0 Å². The number of unbranched alkanes of at least 4 members (excludes halogenated alkanes) is 2. The molecule has 0 saturated carbocycles. The molecule has 2 amide bonds. The first-order chi connectivity index (χ1) is 13.1. The van der Waals surface area contributed by atoms with Gasteiger partial charge in [-0.3, -0.25) is 20.4 Å². The summed E-state index contributed by atoms with van der Waals surface area (Å²) in [6.07, 6.45) is 3.08. The predicted molar refractivity (Wildman–Crippen MR) is 104 cm³/mol. The van der Waals surface area contributed by atoms with E-state index in [2.05, 4.69) is 17.8 Å². The maximum absolute atomic E-state index is 12.3. The fourth-order valence-corrected chi connectivity index (χ4v) is 2.44. The van der Waals surface area contributed by atoms with E-state index in [0.29, 0.717) is 28.7 Å². The van der Waals surface area contributed by atoms with Gasteiger partial charge in [-0.15, -0.1) is 0 Å². The number of amides is 2. The third-order valence-electron chi connectivity index (χ3n) is 3.65. The SMILES string of the molecule is CCCCCOc1ccccc1C(=O)NNC(=O)COc1ccccc1Cl. The highest BCUT2D eigenvalue weighted by Crippen LogP contribution is 2.22. The van der Waals surface area contributed by atoms with E-state index in [-0.39, 0.29) is 6.61 Å². The lowest BCUT2D eigenvalue weighted by atomic mass is 10.2. The van der Waals surface area contributed by atoms with Crippen molar-refractivity contribution in [3.63, 3.8) is 0 Å². The minimum Gasteiger partial charge on any atom is -0.493 e. The molecule has 0 radical (unpaired) electrons. The standard InChI is InChI=1S/C20H23ClN2O4/c1-2-3-8-13-26-17-11-6-4-9-15(17)20(25)23-22-19(24)14-27-18-12-7-5-10-16(18)21/h4-7,9-12H,2-3,8,13-14H2,1H3,(H,22,24)(H,23,25). The number of benzene rings is 2. The van der Waals surface area contributed by atoms with Gasteiger partial charge in [0.1, 0.15) is 11.5 Å². The van der Waals surface area contributed by atoms with Crippen LogP contribution in [0, 0.1) is 0 Å². The highest BCUT2D eigenvalue weighted by atomic mass is 35.5. The number of halogens is 1. The Balaban J connectivity index is 1.82. The quantitative estimate of drug-likeness (QED) is 0.505. The smallest absolute Gasteiger partial charge is 0.276 e. The van der Waals surface area contributed by atoms with Crippen LogP contribution in [0.15, 0.2) is 48.5 Å². The molecule has 2 N–H and O–H groups in total. The average molecular weight is 391 g/mol. The van der Waals surface area contributed by atoms with Crippen molar-refractivity contribution in [2.24, 2.45) is 0 Å². The molecule has 0 aliphatic carbocycles. The largest absolute Gasteiger partial charge is 0.493 e. The van der Waals surface area contributed by atoms with Crippen LogP contribution in [0.4, 0.5) is 0 Å². The number of carbonyl (C=O) groups excluding carboxylic acids is 2. The van der Waals surface area contributed by atoms with Gasteiger partial charge in [-0.2, -0.15) is 0 Å². The molecular weight excluding hydrogens is 368 g/mol. The molecule has 2 aromatic rings. The Morgan fingerprint density at radius 3 is 2.37 bits per heavy atom. The number of hydrogen-bond donors (Lipinski definition) is 2. The summed E-state index contributed by atoms with van der Waals surface area (Å²) in [6, 6.07) is 13.7. The first-order valence-electron chi connectivity index (χ1n) is 8.80. The number of hydrogen-bond acceptors (Lipinski definition) is 4. The zero-order valence-corrected chi connectivity index (χ0v) is 15.9. The van der Waals surface area contributed by atoms with Gasteiger partial charge in [0.2, 0.25) is 0 Å². The Morgan fingerprint density at radius 1 is 0.926 bits per heavy atom. The molecule has 6 nitrogen and oxygen atoms in total. The molecule has 2 aromatic carbocycles. The Morgan fingerprint density at radius 2 is 1.63 bits per heavy atom. The molecule has 0 bridgehead atoms. The van der Waals surface area contributed by atoms with Gasteiger partial charge in [0.25, 0.3) is 11.8 Å². The Hall–Kier alpha value is -2.73. The molecule has 0 atom stereocenters. The maximum Gasteiger partial charge on any atom is 0.276 e. The summed E-state index contributed by atoms with van der Waals surface area (Å²) < 4.78 is 11.0. The summed E-state index contributed by atoms with van der Waals surface area (Å²) in [6.45, 7) is 2.37. The van der Waals surface area contributed by atoms with Crippen molar-refractivity contribution in [2.45, 2.75) is 26.2 Å². The van der Waals surface area contributed by atoms with E-state index in [1.54, 1.807) is 48.5 Å². The summed E-state index contributed by atoms with van der Waals surface area (Å²) in [5.41, 5.74) is 5.02. The molecule has 0 spiro atoms. The van der Waals surface area contributed by atoms with Gasteiger partial charge in [0.05, 0.1) is 17.2 Å². The van der Waals surface area contributed by atoms with Crippen molar-refractivity contribution < 1.29 is 19.1 Å². The number of rotatable bonds is 9. The van der Waals surface area contributed by atoms with E-state index in [9.17, 15) is 9.59 Å². The van der Waals surface area contributed by atoms with E-state index in [1.807, 2.05) is 0 Å². The third-order valence-corrected chi connectivity index (χ3v) is 3.96. The van der Waals surface area contributed by atoms with Crippen molar-refractivity contribution in [3.8, 4) is 11.5 Å². The number of ether oxygens (including phenoxy) is 2. The first kappa shape index (κ1) is 20.6. The van der Waals surface area contributed by atoms with Gasteiger partial charge in [-0.05, 0) is 30.7 Å². The van der Waals surface area contributed by atoms with Crippen LogP contribution in [0.2, 0.25) is 5.02 Å². The molecule has 0 saturated heterocycles. The second kappa shape index (κ2) is 11.1. The van der Waals surface area contributed by atoms with Crippen molar-refractivity contribution in [3.05, 3.63) is 59.1 Å². The van der Waals surface area contributed by atoms with E-state index in [0.717, 1.165) is 19.3 Å². The topological polar surface area (TPSA) is 76.7 Å². The van der Waals surface area contributed by atoms with Gasteiger partial charge in [-0.1, -0.05) is 55.6 Å². The van der Waals surface area contributed by atoms with Gasteiger partial charge in [0.15, 0.2) is 6.61 Å². The summed E-state index contributed by atoms with van der Waals surface area (Å²) in [7, 11) is 0. The van der Waals surface area contributed by atoms with Crippen molar-refractivity contribution in [1.82, 2.24) is 10.9 Å². The third kappa shape index (κ3) is 6.83. The number of para-hydroxylation sites is 2. The van der Waals surface area contributed by atoms with Crippen molar-refractivity contribution in [2.75, 3.05) is 13.2 Å². The number of carbonyl (C=O) groups is 2. The minimum absolute atomic E-state index is 0.279. The van der Waals surface area contributed by atoms with Gasteiger partial charge < -0.3 is 9.47 Å². The van der Waals surface area contributed by atoms with Crippen molar-refractivity contribution >= 4 is 23.4 Å². The fraction of sp³-hybridized carbons (Fsp3) is 0.300. The second-order valence-electron chi connectivity index (χ2n) is 5.77. The summed E-state index contributed by atoms with van der Waals surface area (Å²) >= 11 is 5.95. The lowest BCUT2D eigenvalue weighted by molar-refractivity contribution is -0.123. The van der Waals surface area contributed by atoms with Gasteiger partial charge in [-0.25, -0.2) is 0 Å². The van der Waals surface area contributed by atoms with Crippen molar-refractivity contribution in [1.29, 1.82) is 0 Å². The Kier molecular flexibility index (Phi) is 8.45. The average Bonchev–Trinajstić information content (AvgIpc) is 2.69. The summed E-state index contributed by atoms with van der Waals surface area (Å²) in [5.74, 6) is -0.101. The van der Waals surface area contributed by atoms with Crippen LogP contribution in [-0.2, 0) is 4.79 Å². The molecule has 2 rings (SSSR count). The number of nitrogens with one attached hydrogen (secondary N) is 2. The normalized spacial score (nSPS) is 10.1. The monoisotopic (exact) mass is 390 g/mol. The minimum atomic E-state index is -0.510. The lowest BCUT2D eigenvalue weighted by Crippen LogP contribution is -2.43. The Labute approximate surface area is 163 Å². The van der Waals surface area contributed by atoms with Crippen LogP contribution >= 0.6 is 11.6 Å². The molecule has 27 heavy (non-hydrogen) atoms. The van der Waals surface area contributed by atoms with Crippen LogP contribution in [0.25, 0.3) is 0 Å². The molecule has 0 aromatic heterocycles. The molecular formula is C20H23ClN2O4. The molecule has 0 aliphatic rings. The zero-order chi connectivity index (χ0) is 19.5. The summed E-state index contributed by atoms with van der Waals surface area (Å²) in [4.78, 5) is 24.2. The maximum atomic E-state index is 12.3. The van der Waals surface area contributed by atoms with Crippen LogP contribution in [0.1, 0.15) is 36.5 Å². The van der Waals surface area contributed by atoms with E-state index >= 15 is 0 Å². The van der Waals surface area contributed by atoms with E-state index < -0.39 is 11.8 Å². The Bertz CT molecular complexity index is 767. The van der Waals surface area contributed by atoms with Gasteiger partial charge >= 0.3 is 0 Å². The van der Waals surface area contributed by atoms with Crippen LogP contribution < -0.4 is 20.3 Å². The molecule has 144 valence electrons. The molecule has 0 heterocycles. The molecule has 0 fully saturated rings. The fourth-order valence-electron chi connectivity index (χ4n) is 2.25. The molecule has 0 unspecified atom stereocenters. The number of hydrazine groups is 1. The molecule has 0 aliphatic heterocycles. The van der Waals surface area contributed by atoms with E-state index in [4.69, 9.17) is 21.1 Å². The van der Waals surface area contributed by atoms with Crippen LogP contribution in [-0.4, -0.2) is 25.0 Å². The predicted octanol–water partition coefficient (Wildman–Crippen LogP) is 3.75. The summed E-state index contributed by atoms with van der Waals surface area (Å²) in [5, 5.41) is 0.406. The second-order valence-corrected chi connectivity index (χ2v) is 6.18. The highest BCUT2D eigenvalue weighted by Gasteiger charge is 2.13.